The molecule has 0 saturated carbocycles. The van der Waals surface area contributed by atoms with Crippen LogP contribution < -0.4 is 10.6 Å². The van der Waals surface area contributed by atoms with Crippen LogP contribution in [0.3, 0.4) is 0 Å². The van der Waals surface area contributed by atoms with Crippen LogP contribution in [-0.2, 0) is 16.0 Å². The van der Waals surface area contributed by atoms with Crippen molar-refractivity contribution in [2.24, 2.45) is 0 Å². The summed E-state index contributed by atoms with van der Waals surface area (Å²) in [7, 11) is 1.60. The maximum atomic E-state index is 12.0. The number of hydrogen-bond acceptors (Lipinski definition) is 5. The van der Waals surface area contributed by atoms with Crippen LogP contribution >= 0.6 is 0 Å². The van der Waals surface area contributed by atoms with E-state index in [0.717, 1.165) is 0 Å². The molecule has 5 N–H and O–H groups in total. The summed E-state index contributed by atoms with van der Waals surface area (Å²) >= 11 is 0. The van der Waals surface area contributed by atoms with Gasteiger partial charge in [-0.15, -0.1) is 0 Å². The third kappa shape index (κ3) is 4.35. The van der Waals surface area contributed by atoms with Gasteiger partial charge >= 0.3 is 5.97 Å². The van der Waals surface area contributed by atoms with Crippen LogP contribution in [0.15, 0.2) is 18.2 Å². The number of hydrogen-bond donors (Lipinski definition) is 5. The normalized spacial score (nSPS) is 12.7. The number of amides is 1. The maximum Gasteiger partial charge on any atom is 0.326 e. The molecule has 1 aromatic rings. The summed E-state index contributed by atoms with van der Waals surface area (Å²) in [6.45, 7) is 3.27. The number of carbonyl (C=O) groups is 2. The van der Waals surface area contributed by atoms with Crippen LogP contribution in [0.25, 0.3) is 0 Å². The standard InChI is InChI=1S/C14H20N2O5/c1-14(2,15-3)13(21)16-9(12(19)20)6-8-4-5-10(17)11(18)7-8/h4-5,7,9,15,17-18H,6H2,1-3H3,(H,16,21)(H,19,20). The van der Waals surface area contributed by atoms with Gasteiger partial charge in [-0.05, 0) is 38.6 Å². The van der Waals surface area contributed by atoms with Crippen LogP contribution in [0.1, 0.15) is 19.4 Å². The fourth-order valence-corrected chi connectivity index (χ4v) is 1.58. The summed E-state index contributed by atoms with van der Waals surface area (Å²) < 4.78 is 0. The fourth-order valence-electron chi connectivity index (χ4n) is 1.58. The molecule has 0 radical (unpaired) electrons. The second-order valence-corrected chi connectivity index (χ2v) is 5.27. The predicted octanol–water partition coefficient (Wildman–Crippen LogP) is 0.208. The topological polar surface area (TPSA) is 119 Å². The average molecular weight is 296 g/mol. The summed E-state index contributed by atoms with van der Waals surface area (Å²) in [6, 6.07) is 2.89. The van der Waals surface area contributed by atoms with E-state index >= 15 is 0 Å². The van der Waals surface area contributed by atoms with E-state index in [4.69, 9.17) is 0 Å². The summed E-state index contributed by atoms with van der Waals surface area (Å²) in [4.78, 5) is 23.3. The quantitative estimate of drug-likeness (QED) is 0.479. The minimum atomic E-state index is -1.18. The lowest BCUT2D eigenvalue weighted by Crippen LogP contribution is -2.55. The maximum absolute atomic E-state index is 12.0. The number of likely N-dealkylation sites (N-methyl/N-ethyl adjacent to an activating group) is 1. The Morgan fingerprint density at radius 2 is 1.86 bits per heavy atom. The van der Waals surface area contributed by atoms with Crippen LogP contribution in [0.5, 0.6) is 11.5 Å². The molecule has 0 heterocycles. The Kier molecular flexibility index (Phi) is 5.15. The molecule has 1 unspecified atom stereocenters. The zero-order valence-corrected chi connectivity index (χ0v) is 12.2. The van der Waals surface area contributed by atoms with Crippen molar-refractivity contribution in [1.82, 2.24) is 10.6 Å². The monoisotopic (exact) mass is 296 g/mol. The van der Waals surface area contributed by atoms with Gasteiger partial charge in [0.05, 0.1) is 5.54 Å². The Bertz CT molecular complexity index is 542. The molecule has 0 aromatic heterocycles. The van der Waals surface area contributed by atoms with Crippen molar-refractivity contribution in [3.63, 3.8) is 0 Å². The molecule has 0 bridgehead atoms. The Morgan fingerprint density at radius 3 is 2.33 bits per heavy atom. The van der Waals surface area contributed by atoms with Crippen LogP contribution in [-0.4, -0.2) is 45.8 Å². The van der Waals surface area contributed by atoms with E-state index in [9.17, 15) is 24.9 Å². The minimum absolute atomic E-state index is 0.00525. The van der Waals surface area contributed by atoms with Gasteiger partial charge in [-0.2, -0.15) is 0 Å². The molecule has 0 aliphatic carbocycles. The Balaban J connectivity index is 2.86. The number of carbonyl (C=O) groups excluding carboxylic acids is 1. The molecule has 0 fully saturated rings. The number of carboxylic acids is 1. The van der Waals surface area contributed by atoms with E-state index in [1.807, 2.05) is 0 Å². The van der Waals surface area contributed by atoms with Gasteiger partial charge in [0.2, 0.25) is 5.91 Å². The number of aliphatic carboxylic acids is 1. The van der Waals surface area contributed by atoms with Crippen molar-refractivity contribution in [3.05, 3.63) is 23.8 Å². The van der Waals surface area contributed by atoms with Gasteiger partial charge in [0.1, 0.15) is 6.04 Å². The molecule has 0 aliphatic heterocycles. The lowest BCUT2D eigenvalue weighted by molar-refractivity contribution is -0.142. The zero-order valence-electron chi connectivity index (χ0n) is 12.2. The third-order valence-corrected chi connectivity index (χ3v) is 3.28. The molecule has 7 heteroatoms. The number of phenolic OH excluding ortho intramolecular Hbond substituents is 2. The van der Waals surface area contributed by atoms with Crippen molar-refractivity contribution in [3.8, 4) is 11.5 Å². The number of phenols is 2. The Hall–Kier alpha value is -2.28. The van der Waals surface area contributed by atoms with E-state index in [0.29, 0.717) is 5.56 Å². The second-order valence-electron chi connectivity index (χ2n) is 5.27. The van der Waals surface area contributed by atoms with Crippen molar-refractivity contribution in [1.29, 1.82) is 0 Å². The highest BCUT2D eigenvalue weighted by molar-refractivity contribution is 5.89. The molecule has 1 amide bonds. The van der Waals surface area contributed by atoms with E-state index in [2.05, 4.69) is 10.6 Å². The summed E-state index contributed by atoms with van der Waals surface area (Å²) in [6.07, 6.45) is -0.00525. The summed E-state index contributed by atoms with van der Waals surface area (Å²) in [5, 5.41) is 33.1. The smallest absolute Gasteiger partial charge is 0.326 e. The van der Waals surface area contributed by atoms with E-state index in [-0.39, 0.29) is 17.9 Å². The third-order valence-electron chi connectivity index (χ3n) is 3.28. The molecule has 21 heavy (non-hydrogen) atoms. The van der Waals surface area contributed by atoms with E-state index in [1.165, 1.54) is 18.2 Å². The first-order valence-corrected chi connectivity index (χ1v) is 6.41. The number of aromatic hydroxyl groups is 2. The van der Waals surface area contributed by atoms with Crippen molar-refractivity contribution in [2.45, 2.75) is 31.8 Å². The van der Waals surface area contributed by atoms with E-state index in [1.54, 1.807) is 20.9 Å². The zero-order chi connectivity index (χ0) is 16.2. The van der Waals surface area contributed by atoms with Crippen LogP contribution in [0, 0.1) is 0 Å². The molecular formula is C14H20N2O5. The molecule has 116 valence electrons. The highest BCUT2D eigenvalue weighted by Crippen LogP contribution is 2.25. The molecule has 0 saturated heterocycles. The molecule has 1 rings (SSSR count). The van der Waals surface area contributed by atoms with Gasteiger partial charge in [-0.1, -0.05) is 6.07 Å². The van der Waals surface area contributed by atoms with Crippen molar-refractivity contribution >= 4 is 11.9 Å². The summed E-state index contributed by atoms with van der Waals surface area (Å²) in [5.74, 6) is -2.24. The molecule has 1 atom stereocenters. The summed E-state index contributed by atoms with van der Waals surface area (Å²) in [5.41, 5.74) is -0.412. The van der Waals surface area contributed by atoms with Crippen LogP contribution in [0.4, 0.5) is 0 Å². The number of rotatable bonds is 6. The van der Waals surface area contributed by atoms with Crippen molar-refractivity contribution in [2.75, 3.05) is 7.05 Å². The largest absolute Gasteiger partial charge is 0.504 e. The molecule has 0 aliphatic rings. The predicted molar refractivity (Wildman–Crippen MR) is 76.2 cm³/mol. The van der Waals surface area contributed by atoms with Gasteiger partial charge in [-0.25, -0.2) is 4.79 Å². The number of nitrogens with one attached hydrogen (secondary N) is 2. The first kappa shape index (κ1) is 16.8. The highest BCUT2D eigenvalue weighted by atomic mass is 16.4. The minimum Gasteiger partial charge on any atom is -0.504 e. The number of carboxylic acid groups (broad SMARTS) is 1. The SMILES string of the molecule is CNC(C)(C)C(=O)NC(Cc1ccc(O)c(O)c1)C(=O)O. The fraction of sp³-hybridized carbons (Fsp3) is 0.429. The van der Waals surface area contributed by atoms with Gasteiger partial charge in [0.15, 0.2) is 11.5 Å². The van der Waals surface area contributed by atoms with Crippen molar-refractivity contribution < 1.29 is 24.9 Å². The lowest BCUT2D eigenvalue weighted by Gasteiger charge is -2.25. The van der Waals surface area contributed by atoms with Gasteiger partial charge in [0.25, 0.3) is 0 Å². The van der Waals surface area contributed by atoms with Gasteiger partial charge < -0.3 is 26.0 Å². The molecule has 7 nitrogen and oxygen atoms in total. The molecule has 0 spiro atoms. The molecule has 1 aromatic carbocycles. The second kappa shape index (κ2) is 6.45. The number of benzene rings is 1. The van der Waals surface area contributed by atoms with Crippen LogP contribution in [0.2, 0.25) is 0 Å². The van der Waals surface area contributed by atoms with Gasteiger partial charge in [-0.3, -0.25) is 4.79 Å². The molecular weight excluding hydrogens is 276 g/mol. The Labute approximate surface area is 122 Å². The Morgan fingerprint density at radius 1 is 1.24 bits per heavy atom. The van der Waals surface area contributed by atoms with E-state index < -0.39 is 23.5 Å². The highest BCUT2D eigenvalue weighted by Gasteiger charge is 2.30. The van der Waals surface area contributed by atoms with Gasteiger partial charge in [0, 0.05) is 6.42 Å². The average Bonchev–Trinajstić information content (AvgIpc) is 2.41. The first-order valence-electron chi connectivity index (χ1n) is 6.41. The first-order chi connectivity index (χ1) is 9.67. The lowest BCUT2D eigenvalue weighted by atomic mass is 10.0.